The maximum Gasteiger partial charge on any atom is 0.341 e. The largest absolute Gasteiger partial charge is 0.462 e. The van der Waals surface area contributed by atoms with E-state index in [0.717, 1.165) is 5.56 Å². The second kappa shape index (κ2) is 7.84. The molecule has 0 aliphatic heterocycles. The highest BCUT2D eigenvalue weighted by Crippen LogP contribution is 2.25. The van der Waals surface area contributed by atoms with Gasteiger partial charge in [-0.1, -0.05) is 37.3 Å². The molecule has 136 valence electrons. The minimum absolute atomic E-state index is 0.00219. The predicted molar refractivity (Wildman–Crippen MR) is 96.3 cm³/mol. The number of aromatic nitrogens is 1. The van der Waals surface area contributed by atoms with Crippen LogP contribution in [-0.2, 0) is 14.8 Å². The molecule has 6 nitrogen and oxygen atoms in total. The van der Waals surface area contributed by atoms with E-state index >= 15 is 0 Å². The van der Waals surface area contributed by atoms with Gasteiger partial charge in [-0.25, -0.2) is 17.9 Å². The molecule has 7 heteroatoms. The Hall–Kier alpha value is -2.12. The number of carbonyl (C=O) groups excluding carboxylic acids is 1. The summed E-state index contributed by atoms with van der Waals surface area (Å²) < 4.78 is 33.2. The Morgan fingerprint density at radius 3 is 2.44 bits per heavy atom. The first kappa shape index (κ1) is 19.2. The van der Waals surface area contributed by atoms with E-state index in [2.05, 4.69) is 9.71 Å². The Balaban J connectivity index is 2.26. The Kier molecular flexibility index (Phi) is 6.02. The van der Waals surface area contributed by atoms with Gasteiger partial charge in [-0.2, -0.15) is 0 Å². The van der Waals surface area contributed by atoms with Crippen LogP contribution in [0.3, 0.4) is 0 Å². The van der Waals surface area contributed by atoms with Gasteiger partial charge < -0.3 is 9.72 Å². The minimum atomic E-state index is -3.85. The predicted octanol–water partition coefficient (Wildman–Crippen LogP) is 2.89. The zero-order chi connectivity index (χ0) is 18.6. The van der Waals surface area contributed by atoms with Gasteiger partial charge in [0, 0.05) is 17.9 Å². The molecule has 2 aromatic rings. The van der Waals surface area contributed by atoms with Crippen LogP contribution in [0.4, 0.5) is 0 Å². The maximum atomic E-state index is 12.8. The van der Waals surface area contributed by atoms with Crippen LogP contribution in [0.15, 0.2) is 35.2 Å². The third kappa shape index (κ3) is 4.29. The number of hydrogen-bond acceptors (Lipinski definition) is 4. The minimum Gasteiger partial charge on any atom is -0.462 e. The zero-order valence-corrected chi connectivity index (χ0v) is 15.7. The number of H-pyrrole nitrogens is 1. The molecule has 25 heavy (non-hydrogen) atoms. The molecule has 1 aromatic carbocycles. The summed E-state index contributed by atoms with van der Waals surface area (Å²) in [4.78, 5) is 15.1. The van der Waals surface area contributed by atoms with Crippen molar-refractivity contribution in [2.24, 2.45) is 0 Å². The van der Waals surface area contributed by atoms with Crippen LogP contribution in [-0.4, -0.2) is 32.5 Å². The fourth-order valence-corrected chi connectivity index (χ4v) is 4.32. The van der Waals surface area contributed by atoms with Crippen LogP contribution in [0.1, 0.15) is 47.1 Å². The summed E-state index contributed by atoms with van der Waals surface area (Å²) in [6.45, 7) is 7.33. The van der Waals surface area contributed by atoms with E-state index in [-0.39, 0.29) is 29.5 Å². The van der Waals surface area contributed by atoms with Gasteiger partial charge in [0.05, 0.1) is 6.61 Å². The molecule has 0 unspecified atom stereocenters. The number of nitrogens with one attached hydrogen (secondary N) is 2. The van der Waals surface area contributed by atoms with Crippen molar-refractivity contribution in [2.45, 2.75) is 38.5 Å². The number of aromatic amines is 1. The van der Waals surface area contributed by atoms with Gasteiger partial charge in [0.15, 0.2) is 0 Å². The molecule has 1 atom stereocenters. The average molecular weight is 364 g/mol. The van der Waals surface area contributed by atoms with Crippen LogP contribution in [0.25, 0.3) is 0 Å². The second-order valence-electron chi connectivity index (χ2n) is 5.96. The van der Waals surface area contributed by atoms with Crippen LogP contribution in [0, 0.1) is 13.8 Å². The van der Waals surface area contributed by atoms with Crippen molar-refractivity contribution in [1.29, 1.82) is 0 Å². The first-order valence-electron chi connectivity index (χ1n) is 8.18. The van der Waals surface area contributed by atoms with Crippen molar-refractivity contribution in [2.75, 3.05) is 13.2 Å². The first-order chi connectivity index (χ1) is 11.8. The molecule has 0 spiro atoms. The van der Waals surface area contributed by atoms with E-state index in [4.69, 9.17) is 4.74 Å². The number of carbonyl (C=O) groups is 1. The Bertz CT molecular complexity index is 841. The lowest BCUT2D eigenvalue weighted by Crippen LogP contribution is -2.29. The second-order valence-corrected chi connectivity index (χ2v) is 7.67. The lowest BCUT2D eigenvalue weighted by Gasteiger charge is -2.14. The van der Waals surface area contributed by atoms with Gasteiger partial charge in [0.25, 0.3) is 0 Å². The number of ether oxygens (including phenoxy) is 1. The highest BCUT2D eigenvalue weighted by molar-refractivity contribution is 7.89. The number of esters is 1. The molecule has 0 aliphatic rings. The first-order valence-corrected chi connectivity index (χ1v) is 9.67. The summed E-state index contributed by atoms with van der Waals surface area (Å²) in [7, 11) is -3.85. The lowest BCUT2D eigenvalue weighted by atomic mass is 10.0. The van der Waals surface area contributed by atoms with Gasteiger partial charge in [0.1, 0.15) is 10.5 Å². The van der Waals surface area contributed by atoms with Gasteiger partial charge >= 0.3 is 5.97 Å². The Labute approximate surface area is 148 Å². The Morgan fingerprint density at radius 2 is 1.84 bits per heavy atom. The van der Waals surface area contributed by atoms with Gasteiger partial charge in [0.2, 0.25) is 10.0 Å². The molecule has 2 N–H and O–H groups in total. The molecule has 0 bridgehead atoms. The van der Waals surface area contributed by atoms with Crippen molar-refractivity contribution < 1.29 is 17.9 Å². The van der Waals surface area contributed by atoms with Crippen molar-refractivity contribution in [3.63, 3.8) is 0 Å². The van der Waals surface area contributed by atoms with Crippen molar-refractivity contribution in [3.8, 4) is 0 Å². The molecule has 0 saturated heterocycles. The summed E-state index contributed by atoms with van der Waals surface area (Å²) in [5.74, 6) is -0.636. The summed E-state index contributed by atoms with van der Waals surface area (Å²) in [6, 6.07) is 9.65. The molecule has 0 radical (unpaired) electrons. The van der Waals surface area contributed by atoms with Crippen molar-refractivity contribution >= 4 is 16.0 Å². The topological polar surface area (TPSA) is 88.3 Å². The van der Waals surface area contributed by atoms with Gasteiger partial charge in [-0.3, -0.25) is 0 Å². The summed E-state index contributed by atoms with van der Waals surface area (Å²) in [5, 5.41) is 0. The summed E-state index contributed by atoms with van der Waals surface area (Å²) in [6.07, 6.45) is 0. The number of hydrogen-bond donors (Lipinski definition) is 2. The molecule has 2 rings (SSSR count). The average Bonchev–Trinajstić information content (AvgIpc) is 2.88. The summed E-state index contributed by atoms with van der Waals surface area (Å²) in [5.41, 5.74) is 2.00. The molecular weight excluding hydrogens is 340 g/mol. The zero-order valence-electron chi connectivity index (χ0n) is 14.9. The molecule has 1 heterocycles. The number of aryl methyl sites for hydroxylation is 2. The number of rotatable bonds is 7. The molecule has 0 aliphatic carbocycles. The maximum absolute atomic E-state index is 12.8. The normalized spacial score (nSPS) is 12.8. The molecule has 0 fully saturated rings. The van der Waals surface area contributed by atoms with Crippen molar-refractivity contribution in [3.05, 3.63) is 52.8 Å². The van der Waals surface area contributed by atoms with Crippen LogP contribution in [0.2, 0.25) is 0 Å². The van der Waals surface area contributed by atoms with E-state index in [1.807, 2.05) is 37.3 Å². The molecule has 0 saturated carbocycles. The quantitative estimate of drug-likeness (QED) is 0.740. The Morgan fingerprint density at radius 1 is 1.20 bits per heavy atom. The van der Waals surface area contributed by atoms with Gasteiger partial charge in [-0.15, -0.1) is 0 Å². The van der Waals surface area contributed by atoms with E-state index in [1.165, 1.54) is 0 Å². The smallest absolute Gasteiger partial charge is 0.341 e. The van der Waals surface area contributed by atoms with Crippen LogP contribution in [0.5, 0.6) is 0 Å². The third-order valence-electron chi connectivity index (χ3n) is 4.01. The SMILES string of the molecule is CCOC(=O)c1c(C)[nH]c(C)c1S(=O)(=O)NC[C@H](C)c1ccccc1. The molecule has 0 amide bonds. The van der Waals surface area contributed by atoms with E-state index < -0.39 is 16.0 Å². The number of sulfonamides is 1. The van der Waals surface area contributed by atoms with Crippen LogP contribution >= 0.6 is 0 Å². The molecular formula is C18H24N2O4S. The van der Waals surface area contributed by atoms with Crippen molar-refractivity contribution in [1.82, 2.24) is 9.71 Å². The fourth-order valence-electron chi connectivity index (χ4n) is 2.75. The monoisotopic (exact) mass is 364 g/mol. The van der Waals surface area contributed by atoms with E-state index in [1.54, 1.807) is 20.8 Å². The lowest BCUT2D eigenvalue weighted by molar-refractivity contribution is 0.0521. The summed E-state index contributed by atoms with van der Waals surface area (Å²) >= 11 is 0. The third-order valence-corrected chi connectivity index (χ3v) is 5.61. The highest BCUT2D eigenvalue weighted by atomic mass is 32.2. The van der Waals surface area contributed by atoms with E-state index in [0.29, 0.717) is 11.4 Å². The highest BCUT2D eigenvalue weighted by Gasteiger charge is 2.30. The standard InChI is InChI=1S/C18H24N2O4S/c1-5-24-18(21)16-13(3)20-14(4)17(16)25(22,23)19-11-12(2)15-9-7-6-8-10-15/h6-10,12,19-20H,5,11H2,1-4H3/t12-/m0/s1. The number of benzene rings is 1. The van der Waals surface area contributed by atoms with E-state index in [9.17, 15) is 13.2 Å². The molecule has 1 aromatic heterocycles. The fraction of sp³-hybridized carbons (Fsp3) is 0.389. The van der Waals surface area contributed by atoms with Gasteiger partial charge in [-0.05, 0) is 32.3 Å². The van der Waals surface area contributed by atoms with Crippen LogP contribution < -0.4 is 4.72 Å².